The highest BCUT2D eigenvalue weighted by Crippen LogP contribution is 2.30. The highest BCUT2D eigenvalue weighted by atomic mass is 19.4. The largest absolute Gasteiger partial charge is 0.573 e. The lowest BCUT2D eigenvalue weighted by Crippen LogP contribution is -2.23. The van der Waals surface area contributed by atoms with Gasteiger partial charge in [-0.1, -0.05) is 24.8 Å². The van der Waals surface area contributed by atoms with Gasteiger partial charge in [0.2, 0.25) is 0 Å². The molecule has 0 saturated heterocycles. The molecule has 1 aliphatic heterocycles. The van der Waals surface area contributed by atoms with Crippen LogP contribution in [0.15, 0.2) is 43.0 Å². The molecule has 25 heavy (non-hydrogen) atoms. The third-order valence-electron chi connectivity index (χ3n) is 3.83. The van der Waals surface area contributed by atoms with Gasteiger partial charge in [0.1, 0.15) is 11.6 Å². The molecular weight excluding hydrogens is 338 g/mol. The number of benzene rings is 2. The first-order valence-electron chi connectivity index (χ1n) is 7.35. The Morgan fingerprint density at radius 1 is 1.20 bits per heavy atom. The van der Waals surface area contributed by atoms with Crippen molar-refractivity contribution in [2.75, 3.05) is 0 Å². The molecular formula is C18H13F4NO2. The zero-order chi connectivity index (χ0) is 18.2. The third kappa shape index (κ3) is 3.65. The Balaban J connectivity index is 1.77. The van der Waals surface area contributed by atoms with E-state index in [2.05, 4.69) is 11.3 Å². The maximum Gasteiger partial charge on any atom is 0.573 e. The van der Waals surface area contributed by atoms with Gasteiger partial charge in [0.25, 0.3) is 5.91 Å². The van der Waals surface area contributed by atoms with Crippen molar-refractivity contribution in [3.8, 4) is 5.75 Å². The topological polar surface area (TPSA) is 29.5 Å². The quantitative estimate of drug-likeness (QED) is 0.758. The minimum atomic E-state index is -4.75. The molecule has 0 atom stereocenters. The number of fused-ring (bicyclic) bond motifs is 1. The normalized spacial score (nSPS) is 13.8. The molecule has 0 N–H and O–H groups in total. The first kappa shape index (κ1) is 17.0. The average molecular weight is 351 g/mol. The van der Waals surface area contributed by atoms with Crippen molar-refractivity contribution in [1.82, 2.24) is 4.90 Å². The lowest BCUT2D eigenvalue weighted by atomic mass is 10.0. The van der Waals surface area contributed by atoms with Crippen LogP contribution < -0.4 is 4.74 Å². The predicted molar refractivity (Wildman–Crippen MR) is 83.2 cm³/mol. The van der Waals surface area contributed by atoms with Gasteiger partial charge >= 0.3 is 6.36 Å². The van der Waals surface area contributed by atoms with Crippen LogP contribution in [0.5, 0.6) is 5.75 Å². The van der Waals surface area contributed by atoms with Crippen molar-refractivity contribution in [2.45, 2.75) is 19.5 Å². The number of hydrogen-bond acceptors (Lipinski definition) is 2. The lowest BCUT2D eigenvalue weighted by molar-refractivity contribution is -0.274. The van der Waals surface area contributed by atoms with Gasteiger partial charge in [-0.25, -0.2) is 4.39 Å². The molecule has 0 fully saturated rings. The number of halogens is 4. The van der Waals surface area contributed by atoms with E-state index in [1.807, 2.05) is 0 Å². The number of ether oxygens (including phenoxy) is 1. The van der Waals surface area contributed by atoms with E-state index in [0.29, 0.717) is 22.3 Å². The fourth-order valence-corrected chi connectivity index (χ4v) is 2.81. The van der Waals surface area contributed by atoms with E-state index in [1.165, 1.54) is 47.4 Å². The summed E-state index contributed by atoms with van der Waals surface area (Å²) in [6, 6.07) is 7.83. The monoisotopic (exact) mass is 351 g/mol. The molecule has 130 valence electrons. The van der Waals surface area contributed by atoms with E-state index in [-0.39, 0.29) is 24.7 Å². The summed E-state index contributed by atoms with van der Waals surface area (Å²) in [6.07, 6.45) is -3.33. The van der Waals surface area contributed by atoms with Crippen LogP contribution >= 0.6 is 0 Å². The average Bonchev–Trinajstić information content (AvgIpc) is 2.83. The number of amides is 1. The van der Waals surface area contributed by atoms with Crippen molar-refractivity contribution < 1.29 is 27.1 Å². The molecule has 2 aromatic rings. The predicted octanol–water partition coefficient (Wildman–Crippen LogP) is 4.52. The smallest absolute Gasteiger partial charge is 0.406 e. The van der Waals surface area contributed by atoms with Crippen LogP contribution in [0.2, 0.25) is 0 Å². The van der Waals surface area contributed by atoms with Gasteiger partial charge in [0.05, 0.1) is 5.56 Å². The van der Waals surface area contributed by atoms with Crippen LogP contribution in [0.3, 0.4) is 0 Å². The number of nitrogens with zero attached hydrogens (tertiary/aromatic N) is 1. The van der Waals surface area contributed by atoms with Crippen molar-refractivity contribution >= 4 is 12.0 Å². The molecule has 3 rings (SSSR count). The summed E-state index contributed by atoms with van der Waals surface area (Å²) in [4.78, 5) is 14.0. The lowest BCUT2D eigenvalue weighted by Gasteiger charge is -2.16. The molecule has 0 aliphatic carbocycles. The summed E-state index contributed by atoms with van der Waals surface area (Å²) < 4.78 is 53.9. The summed E-state index contributed by atoms with van der Waals surface area (Å²) in [5.74, 6) is -1.04. The summed E-state index contributed by atoms with van der Waals surface area (Å²) in [5.41, 5.74) is 2.04. The summed E-state index contributed by atoms with van der Waals surface area (Å²) in [6.45, 7) is 4.01. The Labute approximate surface area is 141 Å². The first-order chi connectivity index (χ1) is 11.8. The molecule has 1 aliphatic rings. The van der Waals surface area contributed by atoms with Crippen LogP contribution in [-0.4, -0.2) is 17.2 Å². The number of carbonyl (C=O) groups is 1. The minimum absolute atomic E-state index is 0.192. The second kappa shape index (κ2) is 6.23. The Morgan fingerprint density at radius 2 is 1.88 bits per heavy atom. The summed E-state index contributed by atoms with van der Waals surface area (Å²) >= 11 is 0. The number of hydrogen-bond donors (Lipinski definition) is 0. The van der Waals surface area contributed by atoms with E-state index >= 15 is 0 Å². The molecule has 0 saturated carbocycles. The molecule has 7 heteroatoms. The minimum Gasteiger partial charge on any atom is -0.406 e. The van der Waals surface area contributed by atoms with Gasteiger partial charge < -0.3 is 9.64 Å². The second-order valence-electron chi connectivity index (χ2n) is 5.59. The molecule has 1 heterocycles. The van der Waals surface area contributed by atoms with Crippen LogP contribution in [-0.2, 0) is 13.1 Å². The SMILES string of the molecule is C=Cc1cc(F)cc2c1C(=O)N(Cc1ccc(OC(F)(F)F)cc1)C2. The van der Waals surface area contributed by atoms with Gasteiger partial charge in [-0.3, -0.25) is 4.79 Å². The first-order valence-corrected chi connectivity index (χ1v) is 7.35. The van der Waals surface area contributed by atoms with Crippen molar-refractivity contribution in [1.29, 1.82) is 0 Å². The van der Waals surface area contributed by atoms with Gasteiger partial charge in [0.15, 0.2) is 0 Å². The van der Waals surface area contributed by atoms with Gasteiger partial charge in [-0.05, 0) is 41.0 Å². The molecule has 1 amide bonds. The highest BCUT2D eigenvalue weighted by Gasteiger charge is 2.32. The molecule has 0 radical (unpaired) electrons. The third-order valence-corrected chi connectivity index (χ3v) is 3.83. The molecule has 0 aromatic heterocycles. The highest BCUT2D eigenvalue weighted by molar-refractivity contribution is 6.01. The standard InChI is InChI=1S/C18H13F4NO2/c1-2-12-7-14(19)8-13-10-23(17(24)16(12)13)9-11-3-5-15(6-4-11)25-18(20,21)22/h2-8H,1,9-10H2. The van der Waals surface area contributed by atoms with Crippen molar-refractivity contribution in [2.24, 2.45) is 0 Å². The van der Waals surface area contributed by atoms with E-state index in [0.717, 1.165) is 0 Å². The Kier molecular flexibility index (Phi) is 4.24. The van der Waals surface area contributed by atoms with Crippen LogP contribution in [0.4, 0.5) is 17.6 Å². The van der Waals surface area contributed by atoms with E-state index < -0.39 is 12.2 Å². The Morgan fingerprint density at radius 3 is 2.48 bits per heavy atom. The van der Waals surface area contributed by atoms with Crippen LogP contribution in [0.1, 0.15) is 27.0 Å². The Hall–Kier alpha value is -2.83. The molecule has 3 nitrogen and oxygen atoms in total. The number of carbonyl (C=O) groups excluding carboxylic acids is 1. The van der Waals surface area contributed by atoms with Gasteiger partial charge in [-0.15, -0.1) is 13.2 Å². The molecule has 2 aromatic carbocycles. The number of rotatable bonds is 4. The maximum absolute atomic E-state index is 13.6. The van der Waals surface area contributed by atoms with E-state index in [4.69, 9.17) is 0 Å². The van der Waals surface area contributed by atoms with Crippen molar-refractivity contribution in [3.05, 3.63) is 71.0 Å². The van der Waals surface area contributed by atoms with Crippen LogP contribution in [0, 0.1) is 5.82 Å². The number of alkyl halides is 3. The summed E-state index contributed by atoms with van der Waals surface area (Å²) in [5, 5.41) is 0. The van der Waals surface area contributed by atoms with Crippen molar-refractivity contribution in [3.63, 3.8) is 0 Å². The second-order valence-corrected chi connectivity index (χ2v) is 5.59. The maximum atomic E-state index is 13.6. The fraction of sp³-hybridized carbons (Fsp3) is 0.167. The van der Waals surface area contributed by atoms with Gasteiger partial charge in [-0.2, -0.15) is 0 Å². The molecule has 0 unspecified atom stereocenters. The Bertz CT molecular complexity index is 828. The summed E-state index contributed by atoms with van der Waals surface area (Å²) in [7, 11) is 0. The van der Waals surface area contributed by atoms with E-state index in [1.54, 1.807) is 0 Å². The zero-order valence-electron chi connectivity index (χ0n) is 12.9. The zero-order valence-corrected chi connectivity index (χ0v) is 12.9. The molecule has 0 bridgehead atoms. The van der Waals surface area contributed by atoms with E-state index in [9.17, 15) is 22.4 Å². The molecule has 0 spiro atoms. The fourth-order valence-electron chi connectivity index (χ4n) is 2.81. The van der Waals surface area contributed by atoms with Crippen LogP contribution in [0.25, 0.3) is 6.08 Å². The van der Waals surface area contributed by atoms with Gasteiger partial charge in [0, 0.05) is 13.1 Å².